The van der Waals surface area contributed by atoms with E-state index in [0.29, 0.717) is 16.6 Å². The van der Waals surface area contributed by atoms with Gasteiger partial charge in [-0.3, -0.25) is 4.79 Å². The number of carbonyl (C=O) groups excluding carboxylic acids is 1. The van der Waals surface area contributed by atoms with E-state index in [1.807, 2.05) is 56.3 Å². The molecule has 3 aromatic rings. The average molecular weight is 370 g/mol. The van der Waals surface area contributed by atoms with E-state index in [9.17, 15) is 4.79 Å². The molecular weight excluding hydrogens is 350 g/mol. The fourth-order valence-electron chi connectivity index (χ4n) is 2.58. The van der Waals surface area contributed by atoms with Gasteiger partial charge in [0.15, 0.2) is 6.61 Å². The molecule has 0 unspecified atom stereocenters. The third-order valence-electron chi connectivity index (χ3n) is 3.82. The van der Waals surface area contributed by atoms with Crippen LogP contribution >= 0.6 is 11.6 Å². The van der Waals surface area contributed by atoms with Crippen LogP contribution in [0.25, 0.3) is 11.1 Å². The van der Waals surface area contributed by atoms with Crippen molar-refractivity contribution in [2.45, 2.75) is 19.9 Å². The minimum Gasteiger partial charge on any atom is -0.482 e. The molecule has 1 N–H and O–H groups in total. The molecule has 2 aromatic carbocycles. The van der Waals surface area contributed by atoms with Crippen molar-refractivity contribution in [1.82, 2.24) is 9.78 Å². The maximum absolute atomic E-state index is 12.1. The fraction of sp³-hybridized carbons (Fsp3) is 0.200. The molecule has 26 heavy (non-hydrogen) atoms. The summed E-state index contributed by atoms with van der Waals surface area (Å²) in [6, 6.07) is 17.4. The van der Waals surface area contributed by atoms with E-state index in [0.717, 1.165) is 11.1 Å². The van der Waals surface area contributed by atoms with E-state index < -0.39 is 0 Å². The predicted octanol–water partition coefficient (Wildman–Crippen LogP) is 4.80. The van der Waals surface area contributed by atoms with Gasteiger partial charge in [-0.15, -0.1) is 0 Å². The topological polar surface area (TPSA) is 56.2 Å². The summed E-state index contributed by atoms with van der Waals surface area (Å²) >= 11 is 6.30. The van der Waals surface area contributed by atoms with E-state index in [1.165, 1.54) is 0 Å². The number of hydrogen-bond acceptors (Lipinski definition) is 3. The largest absolute Gasteiger partial charge is 0.482 e. The van der Waals surface area contributed by atoms with E-state index in [-0.39, 0.29) is 18.6 Å². The summed E-state index contributed by atoms with van der Waals surface area (Å²) < 4.78 is 7.30. The Bertz CT molecular complexity index is 891. The smallest absolute Gasteiger partial charge is 0.263 e. The number of hydrogen-bond donors (Lipinski definition) is 1. The second-order valence-electron chi connectivity index (χ2n) is 6.10. The maximum atomic E-state index is 12.1. The molecule has 0 aliphatic rings. The third kappa shape index (κ3) is 4.24. The first-order valence-corrected chi connectivity index (χ1v) is 8.73. The number of rotatable bonds is 6. The van der Waals surface area contributed by atoms with Crippen molar-refractivity contribution in [1.29, 1.82) is 0 Å². The average Bonchev–Trinajstić information content (AvgIpc) is 3.09. The van der Waals surface area contributed by atoms with Crippen LogP contribution in [0.4, 0.5) is 5.82 Å². The van der Waals surface area contributed by atoms with E-state index in [2.05, 4.69) is 10.4 Å². The maximum Gasteiger partial charge on any atom is 0.263 e. The molecule has 6 heteroatoms. The standard InChI is InChI=1S/C20H20ClN3O2/c1-14(2)24-19(10-11-22-24)23-20(25)13-26-18-9-8-16(12-17(18)21)15-6-4-3-5-7-15/h3-12,14H,13H2,1-2H3,(H,23,25). The molecule has 0 saturated carbocycles. The van der Waals surface area contributed by atoms with E-state index >= 15 is 0 Å². The summed E-state index contributed by atoms with van der Waals surface area (Å²) in [5, 5.41) is 7.44. The van der Waals surface area contributed by atoms with Gasteiger partial charge in [-0.1, -0.05) is 48.0 Å². The minimum atomic E-state index is -0.268. The van der Waals surface area contributed by atoms with Gasteiger partial charge in [0.05, 0.1) is 11.2 Å². The van der Waals surface area contributed by atoms with Gasteiger partial charge in [-0.05, 0) is 37.1 Å². The summed E-state index contributed by atoms with van der Waals surface area (Å²) in [4.78, 5) is 12.1. The summed E-state index contributed by atoms with van der Waals surface area (Å²) in [6.45, 7) is 3.86. The van der Waals surface area contributed by atoms with Crippen molar-refractivity contribution in [3.05, 3.63) is 65.8 Å². The van der Waals surface area contributed by atoms with E-state index in [4.69, 9.17) is 16.3 Å². The predicted molar refractivity (Wildman–Crippen MR) is 104 cm³/mol. The van der Waals surface area contributed by atoms with Gasteiger partial charge in [0.25, 0.3) is 5.91 Å². The van der Waals surface area contributed by atoms with Crippen LogP contribution in [-0.4, -0.2) is 22.3 Å². The Morgan fingerprint density at radius 2 is 1.92 bits per heavy atom. The van der Waals surface area contributed by atoms with Crippen LogP contribution in [0.15, 0.2) is 60.8 Å². The molecule has 0 aliphatic heterocycles. The second kappa shape index (κ2) is 8.06. The quantitative estimate of drug-likeness (QED) is 0.678. The Kier molecular flexibility index (Phi) is 5.58. The van der Waals surface area contributed by atoms with Crippen molar-refractivity contribution in [3.8, 4) is 16.9 Å². The number of anilines is 1. The normalized spacial score (nSPS) is 10.8. The zero-order valence-corrected chi connectivity index (χ0v) is 15.4. The Morgan fingerprint density at radius 3 is 2.62 bits per heavy atom. The van der Waals surface area contributed by atoms with Gasteiger partial charge in [-0.2, -0.15) is 5.10 Å². The lowest BCUT2D eigenvalue weighted by Crippen LogP contribution is -2.22. The summed E-state index contributed by atoms with van der Waals surface area (Å²) in [5.74, 6) is 0.841. The number of carbonyl (C=O) groups is 1. The molecule has 0 fully saturated rings. The van der Waals surface area contributed by atoms with Gasteiger partial charge in [0.2, 0.25) is 0 Å². The highest BCUT2D eigenvalue weighted by molar-refractivity contribution is 6.32. The fourth-order valence-corrected chi connectivity index (χ4v) is 2.81. The van der Waals surface area contributed by atoms with Gasteiger partial charge < -0.3 is 10.1 Å². The van der Waals surface area contributed by atoms with Crippen molar-refractivity contribution < 1.29 is 9.53 Å². The molecule has 0 spiro atoms. The monoisotopic (exact) mass is 369 g/mol. The molecule has 1 heterocycles. The summed E-state index contributed by atoms with van der Waals surface area (Å²) in [5.41, 5.74) is 2.06. The lowest BCUT2D eigenvalue weighted by Gasteiger charge is -2.13. The molecule has 0 aliphatic carbocycles. The molecule has 3 rings (SSSR count). The molecule has 1 amide bonds. The molecular formula is C20H20ClN3O2. The van der Waals surface area contributed by atoms with Crippen LogP contribution in [0.5, 0.6) is 5.75 Å². The van der Waals surface area contributed by atoms with Crippen molar-refractivity contribution in [2.75, 3.05) is 11.9 Å². The minimum absolute atomic E-state index is 0.131. The van der Waals surface area contributed by atoms with Crippen LogP contribution < -0.4 is 10.1 Å². The zero-order valence-electron chi connectivity index (χ0n) is 14.6. The third-order valence-corrected chi connectivity index (χ3v) is 4.12. The lowest BCUT2D eigenvalue weighted by molar-refractivity contribution is -0.118. The first-order chi connectivity index (χ1) is 12.5. The van der Waals surface area contributed by atoms with Crippen LogP contribution in [-0.2, 0) is 4.79 Å². The van der Waals surface area contributed by atoms with E-state index in [1.54, 1.807) is 23.0 Å². The number of amides is 1. The number of nitrogens with one attached hydrogen (secondary N) is 1. The molecule has 1 aromatic heterocycles. The Balaban J connectivity index is 1.62. The lowest BCUT2D eigenvalue weighted by atomic mass is 10.1. The zero-order chi connectivity index (χ0) is 18.5. The van der Waals surface area contributed by atoms with Crippen molar-refractivity contribution in [3.63, 3.8) is 0 Å². The number of halogens is 1. The second-order valence-corrected chi connectivity index (χ2v) is 6.51. The SMILES string of the molecule is CC(C)n1nccc1NC(=O)COc1ccc(-c2ccccc2)cc1Cl. The van der Waals surface area contributed by atoms with Crippen molar-refractivity contribution in [2.24, 2.45) is 0 Å². The van der Waals surface area contributed by atoms with Crippen LogP contribution in [0.2, 0.25) is 5.02 Å². The Morgan fingerprint density at radius 1 is 1.15 bits per heavy atom. The molecule has 0 bridgehead atoms. The highest BCUT2D eigenvalue weighted by Gasteiger charge is 2.11. The Hall–Kier alpha value is -2.79. The number of ether oxygens (including phenoxy) is 1. The number of nitrogens with zero attached hydrogens (tertiary/aromatic N) is 2. The molecule has 0 saturated heterocycles. The van der Waals surface area contributed by atoms with Gasteiger partial charge in [0.1, 0.15) is 11.6 Å². The Labute approximate surface area is 157 Å². The molecule has 5 nitrogen and oxygen atoms in total. The highest BCUT2D eigenvalue weighted by atomic mass is 35.5. The molecule has 0 radical (unpaired) electrons. The number of aromatic nitrogens is 2. The van der Waals surface area contributed by atoms with Crippen LogP contribution in [0.3, 0.4) is 0 Å². The van der Waals surface area contributed by atoms with Gasteiger partial charge in [0, 0.05) is 12.1 Å². The summed E-state index contributed by atoms with van der Waals surface area (Å²) in [6.07, 6.45) is 1.65. The first kappa shape index (κ1) is 18.0. The highest BCUT2D eigenvalue weighted by Crippen LogP contribution is 2.30. The van der Waals surface area contributed by atoms with Crippen LogP contribution in [0.1, 0.15) is 19.9 Å². The molecule has 0 atom stereocenters. The first-order valence-electron chi connectivity index (χ1n) is 8.35. The van der Waals surface area contributed by atoms with Gasteiger partial charge in [-0.25, -0.2) is 4.68 Å². The van der Waals surface area contributed by atoms with Gasteiger partial charge >= 0.3 is 0 Å². The number of benzene rings is 2. The molecule has 134 valence electrons. The van der Waals surface area contributed by atoms with Crippen molar-refractivity contribution >= 4 is 23.3 Å². The summed E-state index contributed by atoms with van der Waals surface area (Å²) in [7, 11) is 0. The van der Waals surface area contributed by atoms with Crippen LogP contribution in [0, 0.1) is 0 Å².